The number of anilines is 1. The molecule has 2 atom stereocenters. The van der Waals surface area contributed by atoms with Crippen LogP contribution in [0.15, 0.2) is 42.5 Å². The second-order valence-corrected chi connectivity index (χ2v) is 6.65. The molecule has 1 saturated heterocycles. The van der Waals surface area contributed by atoms with Gasteiger partial charge in [-0.05, 0) is 44.0 Å². The Morgan fingerprint density at radius 3 is 2.83 bits per heavy atom. The van der Waals surface area contributed by atoms with Gasteiger partial charge in [0.2, 0.25) is 0 Å². The van der Waals surface area contributed by atoms with Gasteiger partial charge in [0.05, 0.1) is 11.7 Å². The Morgan fingerprint density at radius 1 is 1.22 bits per heavy atom. The predicted molar refractivity (Wildman–Crippen MR) is 89.8 cm³/mol. The molecule has 2 aliphatic heterocycles. The fourth-order valence-electron chi connectivity index (χ4n) is 3.65. The van der Waals surface area contributed by atoms with Gasteiger partial charge in [-0.2, -0.15) is 0 Å². The van der Waals surface area contributed by atoms with E-state index in [-0.39, 0.29) is 12.1 Å². The highest BCUT2D eigenvalue weighted by atomic mass is 16.5. The Bertz CT molecular complexity index is 802. The molecule has 2 heterocycles. The standard InChI is InChI=1S/C19H20N2O2/c1-12-8-9-13(2)16(10-12)21-18(22)20-15-11-19(21,3)23-17-7-5-4-6-14(15)17/h4-10,15H,11H2,1-3H3,(H,20,22)/t15-,19+/m0/s1. The molecule has 0 aromatic heterocycles. The molecule has 4 rings (SSSR count). The van der Waals surface area contributed by atoms with Gasteiger partial charge >= 0.3 is 6.03 Å². The van der Waals surface area contributed by atoms with Gasteiger partial charge in [0, 0.05) is 12.0 Å². The number of amides is 2. The quantitative estimate of drug-likeness (QED) is 0.862. The van der Waals surface area contributed by atoms with Crippen LogP contribution < -0.4 is 15.0 Å². The van der Waals surface area contributed by atoms with Gasteiger partial charge in [0.1, 0.15) is 5.75 Å². The van der Waals surface area contributed by atoms with Gasteiger partial charge in [-0.3, -0.25) is 4.90 Å². The zero-order valence-corrected chi connectivity index (χ0v) is 13.6. The van der Waals surface area contributed by atoms with Crippen LogP contribution in [0.2, 0.25) is 0 Å². The van der Waals surface area contributed by atoms with Crippen molar-refractivity contribution < 1.29 is 9.53 Å². The van der Waals surface area contributed by atoms with Crippen molar-refractivity contribution in [1.29, 1.82) is 0 Å². The summed E-state index contributed by atoms with van der Waals surface area (Å²) >= 11 is 0. The molecule has 0 radical (unpaired) electrons. The molecule has 0 aliphatic carbocycles. The number of ether oxygens (including phenoxy) is 1. The number of carbonyl (C=O) groups is 1. The van der Waals surface area contributed by atoms with Crippen LogP contribution in [-0.4, -0.2) is 11.8 Å². The molecule has 1 N–H and O–H groups in total. The number of para-hydroxylation sites is 1. The zero-order chi connectivity index (χ0) is 16.2. The predicted octanol–water partition coefficient (Wildman–Crippen LogP) is 4.07. The summed E-state index contributed by atoms with van der Waals surface area (Å²) in [5, 5.41) is 3.13. The fourth-order valence-corrected chi connectivity index (χ4v) is 3.65. The highest BCUT2D eigenvalue weighted by Gasteiger charge is 2.50. The van der Waals surface area contributed by atoms with Crippen molar-refractivity contribution in [2.24, 2.45) is 0 Å². The number of rotatable bonds is 1. The lowest BCUT2D eigenvalue weighted by molar-refractivity contribution is 0.0378. The molecule has 118 valence electrons. The van der Waals surface area contributed by atoms with E-state index in [2.05, 4.69) is 11.4 Å². The number of hydrogen-bond acceptors (Lipinski definition) is 2. The second kappa shape index (κ2) is 4.75. The third-order valence-electron chi connectivity index (χ3n) is 4.79. The van der Waals surface area contributed by atoms with E-state index in [1.165, 1.54) is 0 Å². The van der Waals surface area contributed by atoms with Gasteiger partial charge < -0.3 is 10.1 Å². The molecule has 2 aromatic rings. The summed E-state index contributed by atoms with van der Waals surface area (Å²) in [4.78, 5) is 14.6. The van der Waals surface area contributed by atoms with Gasteiger partial charge in [0.25, 0.3) is 0 Å². The van der Waals surface area contributed by atoms with Gasteiger partial charge in [-0.25, -0.2) is 4.79 Å². The fraction of sp³-hybridized carbons (Fsp3) is 0.316. The topological polar surface area (TPSA) is 41.6 Å². The molecule has 0 spiro atoms. The van der Waals surface area contributed by atoms with E-state index in [0.29, 0.717) is 0 Å². The lowest BCUT2D eigenvalue weighted by Gasteiger charge is -2.51. The molecule has 23 heavy (non-hydrogen) atoms. The van der Waals surface area contributed by atoms with E-state index < -0.39 is 5.72 Å². The lowest BCUT2D eigenvalue weighted by atomic mass is 9.90. The Hall–Kier alpha value is -2.49. The Balaban J connectivity index is 1.84. The second-order valence-electron chi connectivity index (χ2n) is 6.65. The minimum atomic E-state index is -0.681. The van der Waals surface area contributed by atoms with E-state index in [1.807, 2.05) is 57.2 Å². The van der Waals surface area contributed by atoms with Gasteiger partial charge in [0.15, 0.2) is 5.72 Å². The minimum Gasteiger partial charge on any atom is -0.467 e. The SMILES string of the molecule is Cc1ccc(C)c(N2C(=O)N[C@H]3C[C@@]2(C)Oc2ccccc23)c1. The number of nitrogens with zero attached hydrogens (tertiary/aromatic N) is 1. The van der Waals surface area contributed by atoms with Crippen molar-refractivity contribution in [2.45, 2.75) is 39.0 Å². The maximum atomic E-state index is 12.8. The molecule has 4 heteroatoms. The Labute approximate surface area is 136 Å². The maximum absolute atomic E-state index is 12.8. The molecule has 2 aromatic carbocycles. The first-order valence-electron chi connectivity index (χ1n) is 7.94. The minimum absolute atomic E-state index is 0.00110. The number of urea groups is 1. The zero-order valence-electron chi connectivity index (χ0n) is 13.6. The third kappa shape index (κ3) is 2.09. The van der Waals surface area contributed by atoms with Crippen molar-refractivity contribution in [3.63, 3.8) is 0 Å². The Morgan fingerprint density at radius 2 is 2.00 bits per heavy atom. The summed E-state index contributed by atoms with van der Waals surface area (Å²) in [7, 11) is 0. The van der Waals surface area contributed by atoms with Crippen LogP contribution in [0.4, 0.5) is 10.5 Å². The molecule has 1 fully saturated rings. The molecule has 2 bridgehead atoms. The van der Waals surface area contributed by atoms with Crippen LogP contribution in [0.25, 0.3) is 0 Å². The summed E-state index contributed by atoms with van der Waals surface area (Å²) in [6.45, 7) is 6.05. The first kappa shape index (κ1) is 14.1. The van der Waals surface area contributed by atoms with Crippen molar-refractivity contribution in [2.75, 3.05) is 4.90 Å². The lowest BCUT2D eigenvalue weighted by Crippen LogP contribution is -2.65. The van der Waals surface area contributed by atoms with E-state index in [4.69, 9.17) is 4.74 Å². The Kier molecular flexibility index (Phi) is 2.92. The largest absolute Gasteiger partial charge is 0.467 e. The highest BCUT2D eigenvalue weighted by molar-refractivity contribution is 5.95. The van der Waals surface area contributed by atoms with Crippen molar-refractivity contribution in [1.82, 2.24) is 5.32 Å². The van der Waals surface area contributed by atoms with Crippen LogP contribution in [0, 0.1) is 13.8 Å². The molecule has 0 saturated carbocycles. The molecular formula is C19H20N2O2. The number of hydrogen-bond donors (Lipinski definition) is 1. The average Bonchev–Trinajstić information content (AvgIpc) is 2.50. The number of nitrogens with one attached hydrogen (secondary N) is 1. The number of fused-ring (bicyclic) bond motifs is 4. The van der Waals surface area contributed by atoms with Gasteiger partial charge in [-0.15, -0.1) is 0 Å². The summed E-state index contributed by atoms with van der Waals surface area (Å²) in [5.74, 6) is 0.849. The van der Waals surface area contributed by atoms with Crippen LogP contribution in [-0.2, 0) is 0 Å². The van der Waals surface area contributed by atoms with Gasteiger partial charge in [-0.1, -0.05) is 30.3 Å². The normalized spacial score (nSPS) is 25.4. The summed E-state index contributed by atoms with van der Waals surface area (Å²) in [6.07, 6.45) is 0.725. The van der Waals surface area contributed by atoms with Crippen molar-refractivity contribution >= 4 is 11.7 Å². The maximum Gasteiger partial charge on any atom is 0.325 e. The first-order valence-corrected chi connectivity index (χ1v) is 7.94. The summed E-state index contributed by atoms with van der Waals surface area (Å²) in [5.41, 5.74) is 3.47. The van der Waals surface area contributed by atoms with Crippen LogP contribution in [0.3, 0.4) is 0 Å². The van der Waals surface area contributed by atoms with Crippen LogP contribution in [0.5, 0.6) is 5.75 Å². The molecule has 4 nitrogen and oxygen atoms in total. The third-order valence-corrected chi connectivity index (χ3v) is 4.79. The van der Waals surface area contributed by atoms with E-state index in [0.717, 1.165) is 34.5 Å². The van der Waals surface area contributed by atoms with E-state index in [1.54, 1.807) is 4.90 Å². The summed E-state index contributed by atoms with van der Waals surface area (Å²) < 4.78 is 6.29. The number of aryl methyl sites for hydroxylation is 2. The van der Waals surface area contributed by atoms with Crippen LogP contribution >= 0.6 is 0 Å². The van der Waals surface area contributed by atoms with Crippen molar-refractivity contribution in [3.8, 4) is 5.75 Å². The monoisotopic (exact) mass is 308 g/mol. The first-order chi connectivity index (χ1) is 11.0. The number of carbonyl (C=O) groups excluding carboxylic acids is 1. The molecule has 0 unspecified atom stereocenters. The molecular weight excluding hydrogens is 288 g/mol. The number of benzene rings is 2. The molecule has 2 amide bonds. The van der Waals surface area contributed by atoms with Crippen LogP contribution in [0.1, 0.15) is 36.1 Å². The smallest absolute Gasteiger partial charge is 0.325 e. The molecule has 2 aliphatic rings. The van der Waals surface area contributed by atoms with E-state index >= 15 is 0 Å². The van der Waals surface area contributed by atoms with Crippen molar-refractivity contribution in [3.05, 3.63) is 59.2 Å². The highest BCUT2D eigenvalue weighted by Crippen LogP contribution is 2.45. The summed E-state index contributed by atoms with van der Waals surface area (Å²) in [6, 6.07) is 14.0. The van der Waals surface area contributed by atoms with E-state index in [9.17, 15) is 4.79 Å². The average molecular weight is 308 g/mol.